The molecule has 1 aromatic carbocycles. The molecule has 25 heavy (non-hydrogen) atoms. The number of hydrogen-bond acceptors (Lipinski definition) is 4. The summed E-state index contributed by atoms with van der Waals surface area (Å²) in [6.45, 7) is 5.58. The second-order valence-electron chi connectivity index (χ2n) is 6.53. The second kappa shape index (κ2) is 6.76. The maximum absolute atomic E-state index is 12.9. The minimum atomic E-state index is -3.59. The molecule has 8 heteroatoms. The molecule has 0 aromatic heterocycles. The highest BCUT2D eigenvalue weighted by atomic mass is 32.2. The molecule has 1 saturated heterocycles. The lowest BCUT2D eigenvalue weighted by atomic mass is 10.00. The molecule has 1 fully saturated rings. The molecule has 0 atom stereocenters. The van der Waals surface area contributed by atoms with Gasteiger partial charge < -0.3 is 9.80 Å². The van der Waals surface area contributed by atoms with Crippen LogP contribution in [0.15, 0.2) is 23.1 Å². The standard InChI is InChI=1S/C17H23N3O4S/c1-13(21)18-7-9-20(10-8-18)25(23,24)17-4-3-15-5-6-19(14(2)22)12-16(15)11-17/h3-4,11H,5-10,12H2,1-2H3. The van der Waals surface area contributed by atoms with E-state index >= 15 is 0 Å². The van der Waals surface area contributed by atoms with Crippen LogP contribution in [0.1, 0.15) is 25.0 Å². The lowest BCUT2D eigenvalue weighted by molar-refractivity contribution is -0.130. The van der Waals surface area contributed by atoms with E-state index in [2.05, 4.69) is 0 Å². The Bertz CT molecular complexity index is 798. The highest BCUT2D eigenvalue weighted by molar-refractivity contribution is 7.89. The summed E-state index contributed by atoms with van der Waals surface area (Å²) >= 11 is 0. The van der Waals surface area contributed by atoms with Crippen LogP contribution in [0, 0.1) is 0 Å². The van der Waals surface area contributed by atoms with Gasteiger partial charge in [-0.3, -0.25) is 9.59 Å². The summed E-state index contributed by atoms with van der Waals surface area (Å²) in [5, 5.41) is 0. The number of sulfonamides is 1. The molecular weight excluding hydrogens is 342 g/mol. The van der Waals surface area contributed by atoms with Gasteiger partial charge in [0.15, 0.2) is 0 Å². The molecule has 2 heterocycles. The average molecular weight is 365 g/mol. The van der Waals surface area contributed by atoms with E-state index in [0.717, 1.165) is 17.5 Å². The first-order chi connectivity index (χ1) is 11.8. The van der Waals surface area contributed by atoms with E-state index in [9.17, 15) is 18.0 Å². The Balaban J connectivity index is 1.81. The number of amides is 2. The van der Waals surface area contributed by atoms with Crippen LogP contribution in [0.25, 0.3) is 0 Å². The number of nitrogens with zero attached hydrogens (tertiary/aromatic N) is 3. The number of benzene rings is 1. The van der Waals surface area contributed by atoms with E-state index in [1.807, 2.05) is 6.07 Å². The van der Waals surface area contributed by atoms with E-state index in [1.165, 1.54) is 18.2 Å². The molecule has 0 saturated carbocycles. The molecule has 0 spiro atoms. The van der Waals surface area contributed by atoms with Gasteiger partial charge in [0.25, 0.3) is 0 Å². The van der Waals surface area contributed by atoms with Crippen LogP contribution in [0.5, 0.6) is 0 Å². The molecule has 7 nitrogen and oxygen atoms in total. The minimum absolute atomic E-state index is 0.000681. The van der Waals surface area contributed by atoms with Crippen molar-refractivity contribution in [3.8, 4) is 0 Å². The zero-order valence-corrected chi connectivity index (χ0v) is 15.4. The molecule has 2 aliphatic heterocycles. The summed E-state index contributed by atoms with van der Waals surface area (Å²) in [5.41, 5.74) is 1.99. The van der Waals surface area contributed by atoms with Crippen molar-refractivity contribution in [2.45, 2.75) is 31.7 Å². The normalized spacial score (nSPS) is 18.8. The number of piperazine rings is 1. The molecule has 2 amide bonds. The predicted molar refractivity (Wildman–Crippen MR) is 92.2 cm³/mol. The van der Waals surface area contributed by atoms with Gasteiger partial charge in [-0.25, -0.2) is 8.42 Å². The molecule has 0 unspecified atom stereocenters. The van der Waals surface area contributed by atoms with Crippen molar-refractivity contribution in [1.29, 1.82) is 0 Å². The third-order valence-electron chi connectivity index (χ3n) is 4.96. The van der Waals surface area contributed by atoms with Crippen molar-refractivity contribution in [3.05, 3.63) is 29.3 Å². The van der Waals surface area contributed by atoms with Gasteiger partial charge in [-0.2, -0.15) is 4.31 Å². The zero-order valence-electron chi connectivity index (χ0n) is 14.6. The quantitative estimate of drug-likeness (QED) is 0.762. The van der Waals surface area contributed by atoms with Crippen LogP contribution in [0.2, 0.25) is 0 Å². The molecule has 0 aliphatic carbocycles. The van der Waals surface area contributed by atoms with Crippen LogP contribution in [-0.2, 0) is 32.6 Å². The van der Waals surface area contributed by atoms with Gasteiger partial charge in [-0.1, -0.05) is 6.07 Å². The highest BCUT2D eigenvalue weighted by Crippen LogP contribution is 2.25. The third kappa shape index (κ3) is 3.55. The Kier molecular flexibility index (Phi) is 4.83. The predicted octanol–water partition coefficient (Wildman–Crippen LogP) is 0.444. The van der Waals surface area contributed by atoms with E-state index in [-0.39, 0.29) is 16.7 Å². The van der Waals surface area contributed by atoms with Crippen LogP contribution in [-0.4, -0.2) is 67.1 Å². The highest BCUT2D eigenvalue weighted by Gasteiger charge is 2.30. The molecule has 2 aliphatic rings. The van der Waals surface area contributed by atoms with Crippen LogP contribution < -0.4 is 0 Å². The van der Waals surface area contributed by atoms with Crippen molar-refractivity contribution in [2.24, 2.45) is 0 Å². The number of carbonyl (C=O) groups is 2. The third-order valence-corrected chi connectivity index (χ3v) is 6.85. The number of fused-ring (bicyclic) bond motifs is 1. The fourth-order valence-electron chi connectivity index (χ4n) is 3.36. The molecule has 0 N–H and O–H groups in total. The molecule has 0 radical (unpaired) electrons. The fourth-order valence-corrected chi connectivity index (χ4v) is 4.83. The average Bonchev–Trinajstić information content (AvgIpc) is 2.60. The largest absolute Gasteiger partial charge is 0.340 e. The van der Waals surface area contributed by atoms with E-state index < -0.39 is 10.0 Å². The summed E-state index contributed by atoms with van der Waals surface area (Å²) in [6, 6.07) is 5.19. The summed E-state index contributed by atoms with van der Waals surface area (Å²) in [4.78, 5) is 26.6. The van der Waals surface area contributed by atoms with Gasteiger partial charge in [0.2, 0.25) is 21.8 Å². The minimum Gasteiger partial charge on any atom is -0.340 e. The monoisotopic (exact) mass is 365 g/mol. The van der Waals surface area contributed by atoms with Crippen molar-refractivity contribution in [3.63, 3.8) is 0 Å². The number of carbonyl (C=O) groups excluding carboxylic acids is 2. The van der Waals surface area contributed by atoms with Crippen molar-refractivity contribution in [1.82, 2.24) is 14.1 Å². The van der Waals surface area contributed by atoms with E-state index in [1.54, 1.807) is 21.9 Å². The molecule has 136 valence electrons. The topological polar surface area (TPSA) is 78.0 Å². The van der Waals surface area contributed by atoms with Crippen molar-refractivity contribution < 1.29 is 18.0 Å². The maximum atomic E-state index is 12.9. The van der Waals surface area contributed by atoms with Crippen LogP contribution in [0.3, 0.4) is 0 Å². The van der Waals surface area contributed by atoms with Gasteiger partial charge in [0, 0.05) is 53.1 Å². The van der Waals surface area contributed by atoms with Gasteiger partial charge in [-0.05, 0) is 29.7 Å². The first-order valence-corrected chi connectivity index (χ1v) is 9.86. The van der Waals surface area contributed by atoms with Crippen molar-refractivity contribution in [2.75, 3.05) is 32.7 Å². The Labute approximate surface area is 148 Å². The molecule has 1 aromatic rings. The van der Waals surface area contributed by atoms with Crippen LogP contribution in [0.4, 0.5) is 0 Å². The SMILES string of the molecule is CC(=O)N1CCN(S(=O)(=O)c2ccc3c(c2)CN(C(C)=O)CC3)CC1. The van der Waals surface area contributed by atoms with Gasteiger partial charge >= 0.3 is 0 Å². The molecular formula is C17H23N3O4S. The zero-order chi connectivity index (χ0) is 18.2. The van der Waals surface area contributed by atoms with E-state index in [0.29, 0.717) is 39.3 Å². The van der Waals surface area contributed by atoms with Gasteiger partial charge in [-0.15, -0.1) is 0 Å². The number of rotatable bonds is 2. The smallest absolute Gasteiger partial charge is 0.243 e. The maximum Gasteiger partial charge on any atom is 0.243 e. The Morgan fingerprint density at radius 2 is 1.52 bits per heavy atom. The first kappa shape index (κ1) is 17.9. The second-order valence-corrected chi connectivity index (χ2v) is 8.47. The summed E-state index contributed by atoms with van der Waals surface area (Å²) in [7, 11) is -3.59. The molecule has 0 bridgehead atoms. The lowest BCUT2D eigenvalue weighted by Gasteiger charge is -2.34. The number of hydrogen-bond donors (Lipinski definition) is 0. The van der Waals surface area contributed by atoms with Gasteiger partial charge in [0.05, 0.1) is 4.90 Å². The summed E-state index contributed by atoms with van der Waals surface area (Å²) in [6.07, 6.45) is 0.743. The van der Waals surface area contributed by atoms with E-state index in [4.69, 9.17) is 0 Å². The Morgan fingerprint density at radius 1 is 0.880 bits per heavy atom. The fraction of sp³-hybridized carbons (Fsp3) is 0.529. The Hall–Kier alpha value is -1.93. The van der Waals surface area contributed by atoms with Crippen molar-refractivity contribution >= 4 is 21.8 Å². The lowest BCUT2D eigenvalue weighted by Crippen LogP contribution is -2.49. The summed E-state index contributed by atoms with van der Waals surface area (Å²) in [5.74, 6) is -0.0329. The first-order valence-electron chi connectivity index (χ1n) is 8.42. The Morgan fingerprint density at radius 3 is 2.12 bits per heavy atom. The summed E-state index contributed by atoms with van der Waals surface area (Å²) < 4.78 is 27.2. The molecule has 3 rings (SSSR count). The van der Waals surface area contributed by atoms with Crippen LogP contribution >= 0.6 is 0 Å². The van der Waals surface area contributed by atoms with Gasteiger partial charge in [0.1, 0.15) is 0 Å².